The summed E-state index contributed by atoms with van der Waals surface area (Å²) in [6, 6.07) is 9.13. The minimum absolute atomic E-state index is 0.753. The summed E-state index contributed by atoms with van der Waals surface area (Å²) in [7, 11) is 0. The van der Waals surface area contributed by atoms with Crippen molar-refractivity contribution < 1.29 is 0 Å². The largest absolute Gasteiger partial charge is 0.331 e. The average Bonchev–Trinajstić information content (AvgIpc) is 3.10. The predicted octanol–water partition coefficient (Wildman–Crippen LogP) is 2.11. The molecule has 4 rings (SSSR count). The average molecular weight is 284 g/mol. The van der Waals surface area contributed by atoms with Gasteiger partial charge >= 0.3 is 0 Å². The smallest absolute Gasteiger partial charge is 0.0958 e. The zero-order valence-corrected chi connectivity index (χ0v) is 12.5. The second-order valence-corrected chi connectivity index (χ2v) is 6.48. The highest BCUT2D eigenvalue weighted by Crippen LogP contribution is 2.26. The molecule has 0 saturated carbocycles. The fourth-order valence-corrected chi connectivity index (χ4v) is 3.95. The number of benzene rings is 1. The molecule has 1 N–H and O–H groups in total. The van der Waals surface area contributed by atoms with E-state index in [-0.39, 0.29) is 0 Å². The fraction of sp³-hybridized carbons (Fsp3) is 0.588. The molecular formula is C17H24N4. The normalized spacial score (nSPS) is 28.3. The Morgan fingerprint density at radius 3 is 3.10 bits per heavy atom. The lowest BCUT2D eigenvalue weighted by atomic mass is 9.94. The number of aryl methyl sites for hydroxylation is 1. The van der Waals surface area contributed by atoms with Crippen LogP contribution in [0.1, 0.15) is 19.3 Å². The van der Waals surface area contributed by atoms with Crippen LogP contribution >= 0.6 is 0 Å². The van der Waals surface area contributed by atoms with Gasteiger partial charge in [0.2, 0.25) is 0 Å². The van der Waals surface area contributed by atoms with Gasteiger partial charge in [0.05, 0.1) is 17.4 Å². The van der Waals surface area contributed by atoms with Gasteiger partial charge in [0.15, 0.2) is 0 Å². The minimum atomic E-state index is 0.753. The van der Waals surface area contributed by atoms with Crippen molar-refractivity contribution in [3.63, 3.8) is 0 Å². The molecule has 3 unspecified atom stereocenters. The van der Waals surface area contributed by atoms with Crippen molar-refractivity contribution in [3.05, 3.63) is 30.6 Å². The van der Waals surface area contributed by atoms with Crippen LogP contribution in [0.2, 0.25) is 0 Å². The Hall–Kier alpha value is -1.39. The topological polar surface area (TPSA) is 33.1 Å². The maximum absolute atomic E-state index is 4.46. The van der Waals surface area contributed by atoms with Crippen molar-refractivity contribution in [2.75, 3.05) is 26.2 Å². The molecule has 1 aromatic carbocycles. The van der Waals surface area contributed by atoms with Gasteiger partial charge in [-0.05, 0) is 56.9 Å². The van der Waals surface area contributed by atoms with E-state index in [1.54, 1.807) is 0 Å². The van der Waals surface area contributed by atoms with Crippen molar-refractivity contribution in [1.82, 2.24) is 19.8 Å². The summed E-state index contributed by atoms with van der Waals surface area (Å²) in [5, 5.41) is 3.80. The lowest BCUT2D eigenvalue weighted by molar-refractivity contribution is 0.221. The van der Waals surface area contributed by atoms with Crippen LogP contribution in [0.4, 0.5) is 0 Å². The van der Waals surface area contributed by atoms with E-state index in [9.17, 15) is 0 Å². The molecule has 4 nitrogen and oxygen atoms in total. The van der Waals surface area contributed by atoms with Crippen LogP contribution in [0.15, 0.2) is 30.6 Å². The number of nitrogens with zero attached hydrogens (tertiary/aromatic N) is 3. The molecule has 21 heavy (non-hydrogen) atoms. The van der Waals surface area contributed by atoms with Crippen LogP contribution in [-0.4, -0.2) is 46.7 Å². The van der Waals surface area contributed by atoms with Crippen molar-refractivity contribution >= 4 is 11.0 Å². The van der Waals surface area contributed by atoms with Gasteiger partial charge in [-0.2, -0.15) is 0 Å². The second-order valence-electron chi connectivity index (χ2n) is 6.48. The minimum Gasteiger partial charge on any atom is -0.331 e. The number of hydrogen-bond donors (Lipinski definition) is 1. The summed E-state index contributed by atoms with van der Waals surface area (Å²) >= 11 is 0. The molecule has 3 atom stereocenters. The fourth-order valence-electron chi connectivity index (χ4n) is 3.95. The van der Waals surface area contributed by atoms with Crippen LogP contribution in [0.25, 0.3) is 11.0 Å². The van der Waals surface area contributed by atoms with Crippen molar-refractivity contribution in [2.24, 2.45) is 5.92 Å². The Morgan fingerprint density at radius 2 is 2.10 bits per heavy atom. The van der Waals surface area contributed by atoms with Crippen molar-refractivity contribution in [2.45, 2.75) is 31.8 Å². The molecule has 2 aliphatic heterocycles. The van der Waals surface area contributed by atoms with Crippen LogP contribution in [-0.2, 0) is 6.54 Å². The first kappa shape index (κ1) is 13.3. The predicted molar refractivity (Wildman–Crippen MR) is 85.3 cm³/mol. The monoisotopic (exact) mass is 284 g/mol. The number of hydrogen-bond acceptors (Lipinski definition) is 3. The van der Waals surface area contributed by atoms with E-state index in [1.165, 1.54) is 44.4 Å². The molecule has 2 bridgehead atoms. The lowest BCUT2D eigenvalue weighted by Crippen LogP contribution is -2.44. The zero-order valence-electron chi connectivity index (χ0n) is 12.5. The first-order valence-corrected chi connectivity index (χ1v) is 8.26. The highest BCUT2D eigenvalue weighted by atomic mass is 15.2. The van der Waals surface area contributed by atoms with Crippen LogP contribution < -0.4 is 5.32 Å². The molecule has 0 aliphatic carbocycles. The molecule has 2 aromatic rings. The maximum atomic E-state index is 4.46. The van der Waals surface area contributed by atoms with E-state index in [2.05, 4.69) is 44.0 Å². The summed E-state index contributed by atoms with van der Waals surface area (Å²) in [5.74, 6) is 0.896. The van der Waals surface area contributed by atoms with Gasteiger partial charge in [-0.25, -0.2) is 4.98 Å². The van der Waals surface area contributed by atoms with Gasteiger partial charge in [-0.1, -0.05) is 12.1 Å². The van der Waals surface area contributed by atoms with E-state index < -0.39 is 0 Å². The number of fused-ring (bicyclic) bond motifs is 3. The SMILES string of the molecule is c1ccc2c(c1)ncn2CCCNC1CCN2CCC1C2. The van der Waals surface area contributed by atoms with Gasteiger partial charge in [0, 0.05) is 19.1 Å². The number of piperidine rings is 1. The maximum Gasteiger partial charge on any atom is 0.0958 e. The third-order valence-corrected chi connectivity index (χ3v) is 5.14. The second kappa shape index (κ2) is 5.78. The first-order chi connectivity index (χ1) is 10.4. The Bertz CT molecular complexity index is 606. The van der Waals surface area contributed by atoms with Crippen LogP contribution in [0.3, 0.4) is 0 Å². The van der Waals surface area contributed by atoms with Gasteiger partial charge in [0.1, 0.15) is 0 Å². The molecule has 4 heteroatoms. The first-order valence-electron chi connectivity index (χ1n) is 8.26. The number of nitrogens with one attached hydrogen (secondary N) is 1. The van der Waals surface area contributed by atoms with Crippen LogP contribution in [0.5, 0.6) is 0 Å². The summed E-state index contributed by atoms with van der Waals surface area (Å²) in [5.41, 5.74) is 2.35. The standard InChI is InChI=1S/C17H24N4/c1-2-5-17-16(4-1)19-13-21(17)9-3-8-18-15-7-11-20-10-6-14(15)12-20/h1-2,4-5,13-15,18H,3,6-12H2. The van der Waals surface area contributed by atoms with E-state index in [4.69, 9.17) is 0 Å². The highest BCUT2D eigenvalue weighted by molar-refractivity contribution is 5.74. The van der Waals surface area contributed by atoms with E-state index in [1.807, 2.05) is 6.33 Å². The Labute approximate surface area is 126 Å². The van der Waals surface area contributed by atoms with Gasteiger partial charge < -0.3 is 14.8 Å². The summed E-state index contributed by atoms with van der Waals surface area (Å²) in [4.78, 5) is 7.07. The quantitative estimate of drug-likeness (QED) is 0.854. The molecule has 3 heterocycles. The van der Waals surface area contributed by atoms with E-state index in [0.717, 1.165) is 30.6 Å². The molecule has 1 aromatic heterocycles. The van der Waals surface area contributed by atoms with E-state index >= 15 is 0 Å². The van der Waals surface area contributed by atoms with Crippen LogP contribution in [0, 0.1) is 5.92 Å². The Balaban J connectivity index is 1.28. The molecule has 2 aliphatic rings. The van der Waals surface area contributed by atoms with Gasteiger partial charge in [-0.3, -0.25) is 0 Å². The molecule has 2 fully saturated rings. The number of para-hydroxylation sites is 2. The van der Waals surface area contributed by atoms with Gasteiger partial charge in [-0.15, -0.1) is 0 Å². The van der Waals surface area contributed by atoms with E-state index in [0.29, 0.717) is 0 Å². The molecule has 112 valence electrons. The van der Waals surface area contributed by atoms with Crippen molar-refractivity contribution in [1.29, 1.82) is 0 Å². The zero-order chi connectivity index (χ0) is 14.1. The molecule has 0 amide bonds. The Kier molecular flexibility index (Phi) is 3.65. The highest BCUT2D eigenvalue weighted by Gasteiger charge is 2.33. The Morgan fingerprint density at radius 1 is 1.19 bits per heavy atom. The van der Waals surface area contributed by atoms with Crippen molar-refractivity contribution in [3.8, 4) is 0 Å². The van der Waals surface area contributed by atoms with Gasteiger partial charge in [0.25, 0.3) is 0 Å². The molecular weight excluding hydrogens is 260 g/mol. The number of rotatable bonds is 5. The molecule has 2 saturated heterocycles. The number of imidazole rings is 1. The lowest BCUT2D eigenvalue weighted by Gasteiger charge is -2.31. The third kappa shape index (κ3) is 2.70. The molecule has 0 spiro atoms. The number of aromatic nitrogens is 2. The third-order valence-electron chi connectivity index (χ3n) is 5.14. The summed E-state index contributed by atoms with van der Waals surface area (Å²) in [6.45, 7) is 6.11. The molecule has 0 radical (unpaired) electrons. The summed E-state index contributed by atoms with van der Waals surface area (Å²) < 4.78 is 2.27. The summed E-state index contributed by atoms with van der Waals surface area (Å²) in [6.07, 6.45) is 5.87.